The summed E-state index contributed by atoms with van der Waals surface area (Å²) in [5, 5.41) is 21.7. The summed E-state index contributed by atoms with van der Waals surface area (Å²) >= 11 is 0. The van der Waals surface area contributed by atoms with E-state index in [-0.39, 0.29) is 12.7 Å². The number of ketones is 1. The maximum absolute atomic E-state index is 13.1. The number of aliphatic hydroxyl groups excluding tert-OH is 2. The van der Waals surface area contributed by atoms with E-state index in [1.54, 1.807) is 18.2 Å². The summed E-state index contributed by atoms with van der Waals surface area (Å²) in [5.41, 5.74) is -1.80. The number of allylic oxidation sites excluding steroid dienone is 1. The highest BCUT2D eigenvalue weighted by Crippen LogP contribution is 2.64. The van der Waals surface area contributed by atoms with Crippen LogP contribution < -0.4 is 14.2 Å². The Balaban J connectivity index is 1.95. The zero-order valence-electron chi connectivity index (χ0n) is 16.1. The molecule has 1 aliphatic heterocycles. The predicted octanol–water partition coefficient (Wildman–Crippen LogP) is 2.49. The molecule has 2 aliphatic carbocycles. The van der Waals surface area contributed by atoms with Crippen molar-refractivity contribution in [1.29, 1.82) is 0 Å². The molecule has 1 heterocycles. The van der Waals surface area contributed by atoms with Crippen molar-refractivity contribution in [1.82, 2.24) is 0 Å². The first kappa shape index (κ1) is 18.8. The van der Waals surface area contributed by atoms with Gasteiger partial charge in [0.2, 0.25) is 18.3 Å². The topological polar surface area (TPSA) is 94.5 Å². The molecule has 1 aromatic rings. The SMILES string of the molecule is C=CCC12C=C(O)C(=O)C(OC)(C(c3cc(OC)c4c(c3)OCO4)C1C)C2O. The summed E-state index contributed by atoms with van der Waals surface area (Å²) < 4.78 is 22.2. The molecular formula is C21H24O7. The Kier molecular flexibility index (Phi) is 4.21. The third-order valence-electron chi connectivity index (χ3n) is 6.59. The van der Waals surface area contributed by atoms with Crippen molar-refractivity contribution in [2.75, 3.05) is 21.0 Å². The van der Waals surface area contributed by atoms with Gasteiger partial charge in [-0.05, 0) is 36.1 Å². The summed E-state index contributed by atoms with van der Waals surface area (Å²) in [6.45, 7) is 5.82. The number of ether oxygens (including phenoxy) is 4. The molecule has 150 valence electrons. The third kappa shape index (κ3) is 2.08. The second-order valence-corrected chi connectivity index (χ2v) is 7.59. The van der Waals surface area contributed by atoms with Crippen molar-refractivity contribution in [3.8, 4) is 17.2 Å². The first-order valence-electron chi connectivity index (χ1n) is 9.15. The lowest BCUT2D eigenvalue weighted by Crippen LogP contribution is -2.57. The van der Waals surface area contributed by atoms with E-state index in [1.807, 2.05) is 6.92 Å². The molecule has 0 spiro atoms. The van der Waals surface area contributed by atoms with Crippen LogP contribution in [-0.2, 0) is 9.53 Å². The standard InChI is InChI=1S/C21H24O7/c1-5-6-20-9-13(22)18(23)21(26-4,19(20)24)16(11(20)2)12-7-14(25-3)17-15(8-12)27-10-28-17/h5,7-9,11,16,19,22,24H,1,6,10H2,2-4H3. The van der Waals surface area contributed by atoms with E-state index in [4.69, 9.17) is 18.9 Å². The van der Waals surface area contributed by atoms with Gasteiger partial charge in [0.15, 0.2) is 22.9 Å². The summed E-state index contributed by atoms with van der Waals surface area (Å²) in [7, 11) is 2.91. The minimum Gasteiger partial charge on any atom is -0.505 e. The van der Waals surface area contributed by atoms with Crippen molar-refractivity contribution in [3.05, 3.63) is 42.2 Å². The maximum atomic E-state index is 13.1. The Bertz CT molecular complexity index is 876. The molecule has 0 saturated heterocycles. The lowest BCUT2D eigenvalue weighted by molar-refractivity contribution is -0.161. The first-order valence-corrected chi connectivity index (χ1v) is 9.15. The highest BCUT2D eigenvalue weighted by atomic mass is 16.7. The zero-order chi connectivity index (χ0) is 20.3. The highest BCUT2D eigenvalue weighted by molar-refractivity contribution is 6.03. The number of carbonyl (C=O) groups is 1. The lowest BCUT2D eigenvalue weighted by atomic mass is 9.70. The van der Waals surface area contributed by atoms with E-state index in [2.05, 4.69) is 6.58 Å². The molecule has 7 nitrogen and oxygen atoms in total. The van der Waals surface area contributed by atoms with Gasteiger partial charge in [-0.3, -0.25) is 4.79 Å². The van der Waals surface area contributed by atoms with Crippen LogP contribution in [0.25, 0.3) is 0 Å². The molecule has 28 heavy (non-hydrogen) atoms. The average molecular weight is 388 g/mol. The molecule has 0 amide bonds. The van der Waals surface area contributed by atoms with Crippen LogP contribution in [0.3, 0.4) is 0 Å². The molecule has 1 saturated carbocycles. The van der Waals surface area contributed by atoms with Gasteiger partial charge in [0.05, 0.1) is 7.11 Å². The number of fused-ring (bicyclic) bond motifs is 3. The van der Waals surface area contributed by atoms with Crippen molar-refractivity contribution >= 4 is 5.78 Å². The Hall–Kier alpha value is -2.51. The van der Waals surface area contributed by atoms with Gasteiger partial charge in [-0.1, -0.05) is 13.0 Å². The van der Waals surface area contributed by atoms with Gasteiger partial charge in [0.1, 0.15) is 6.10 Å². The number of Topliss-reactive ketones (excluding diaryl/α,β-unsaturated/α-hetero) is 1. The third-order valence-corrected chi connectivity index (χ3v) is 6.59. The number of rotatable bonds is 5. The van der Waals surface area contributed by atoms with E-state index in [1.165, 1.54) is 20.3 Å². The molecule has 4 rings (SSSR count). The molecule has 1 fully saturated rings. The highest BCUT2D eigenvalue weighted by Gasteiger charge is 2.72. The number of methoxy groups -OCH3 is 2. The molecular weight excluding hydrogens is 364 g/mol. The summed E-state index contributed by atoms with van der Waals surface area (Å²) in [6, 6.07) is 3.56. The molecule has 2 N–H and O–H groups in total. The van der Waals surface area contributed by atoms with Crippen LogP contribution in [-0.4, -0.2) is 48.7 Å². The van der Waals surface area contributed by atoms with Gasteiger partial charge in [-0.15, -0.1) is 6.58 Å². The summed E-state index contributed by atoms with van der Waals surface area (Å²) in [5.74, 6) is -0.347. The van der Waals surface area contributed by atoms with E-state index in [0.29, 0.717) is 29.2 Å². The van der Waals surface area contributed by atoms with E-state index in [9.17, 15) is 15.0 Å². The van der Waals surface area contributed by atoms with Crippen LogP contribution in [0, 0.1) is 11.3 Å². The van der Waals surface area contributed by atoms with E-state index >= 15 is 0 Å². The van der Waals surface area contributed by atoms with Crippen LogP contribution in [0.1, 0.15) is 24.8 Å². The number of hydrogen-bond acceptors (Lipinski definition) is 7. The van der Waals surface area contributed by atoms with Gasteiger partial charge in [-0.2, -0.15) is 0 Å². The molecule has 1 aromatic carbocycles. The van der Waals surface area contributed by atoms with Gasteiger partial charge in [-0.25, -0.2) is 0 Å². The Morgan fingerprint density at radius 1 is 1.36 bits per heavy atom. The number of hydrogen-bond donors (Lipinski definition) is 2. The second kappa shape index (κ2) is 6.25. The van der Waals surface area contributed by atoms with E-state index < -0.39 is 34.6 Å². The first-order chi connectivity index (χ1) is 13.4. The average Bonchev–Trinajstić information content (AvgIpc) is 3.21. The van der Waals surface area contributed by atoms with Crippen LogP contribution >= 0.6 is 0 Å². The Morgan fingerprint density at radius 3 is 2.75 bits per heavy atom. The van der Waals surface area contributed by atoms with Gasteiger partial charge < -0.3 is 29.2 Å². The van der Waals surface area contributed by atoms with Crippen molar-refractivity contribution in [3.63, 3.8) is 0 Å². The molecule has 5 atom stereocenters. The van der Waals surface area contributed by atoms with Crippen molar-refractivity contribution in [2.24, 2.45) is 11.3 Å². The smallest absolute Gasteiger partial charge is 0.231 e. The van der Waals surface area contributed by atoms with Gasteiger partial charge in [0.25, 0.3) is 0 Å². The fourth-order valence-electron chi connectivity index (χ4n) is 5.30. The van der Waals surface area contributed by atoms with Crippen LogP contribution in [0.4, 0.5) is 0 Å². The van der Waals surface area contributed by atoms with E-state index in [0.717, 1.165) is 0 Å². The second-order valence-electron chi connectivity index (χ2n) is 7.59. The Morgan fingerprint density at radius 2 is 2.11 bits per heavy atom. The summed E-state index contributed by atoms with van der Waals surface area (Å²) in [6.07, 6.45) is 2.38. The predicted molar refractivity (Wildman–Crippen MR) is 99.7 cm³/mol. The van der Waals surface area contributed by atoms with Crippen molar-refractivity contribution < 1.29 is 34.0 Å². The van der Waals surface area contributed by atoms with Gasteiger partial charge >= 0.3 is 0 Å². The Labute approximate surface area is 163 Å². The quantitative estimate of drug-likeness (QED) is 0.749. The fourth-order valence-corrected chi connectivity index (χ4v) is 5.30. The van der Waals surface area contributed by atoms with Crippen LogP contribution in [0.15, 0.2) is 36.6 Å². The molecule has 0 aromatic heterocycles. The number of carbonyl (C=O) groups excluding carboxylic acids is 1. The van der Waals surface area contributed by atoms with Crippen molar-refractivity contribution in [2.45, 2.75) is 31.0 Å². The van der Waals surface area contributed by atoms with Crippen LogP contribution in [0.2, 0.25) is 0 Å². The van der Waals surface area contributed by atoms with Gasteiger partial charge in [0, 0.05) is 18.4 Å². The molecule has 3 aliphatic rings. The molecule has 5 unspecified atom stereocenters. The fraction of sp³-hybridized carbons (Fsp3) is 0.476. The molecule has 0 radical (unpaired) electrons. The number of benzene rings is 1. The van der Waals surface area contributed by atoms with Crippen LogP contribution in [0.5, 0.6) is 17.2 Å². The molecule has 2 bridgehead atoms. The minimum atomic E-state index is -1.63. The number of aliphatic hydroxyl groups is 2. The molecule has 7 heteroatoms. The minimum absolute atomic E-state index is 0.0785. The normalized spacial score (nSPS) is 35.6. The zero-order valence-corrected chi connectivity index (χ0v) is 16.1. The summed E-state index contributed by atoms with van der Waals surface area (Å²) in [4.78, 5) is 13.1. The maximum Gasteiger partial charge on any atom is 0.231 e. The lowest BCUT2D eigenvalue weighted by Gasteiger charge is -2.41. The largest absolute Gasteiger partial charge is 0.505 e. The monoisotopic (exact) mass is 388 g/mol.